The summed E-state index contributed by atoms with van der Waals surface area (Å²) in [6.45, 7) is 1.55. The molecule has 1 aromatic carbocycles. The van der Waals surface area contributed by atoms with E-state index in [0.29, 0.717) is 24.8 Å². The molecule has 6 heteroatoms. The normalized spacial score (nSPS) is 22.6. The molecular weight excluding hydrogens is 298 g/mol. The fraction of sp³-hybridized carbons (Fsp3) is 0.529. The first-order valence-electron chi connectivity index (χ1n) is 7.83. The minimum Gasteiger partial charge on any atom is -0.388 e. The molecule has 1 aliphatic rings. The summed E-state index contributed by atoms with van der Waals surface area (Å²) < 4.78 is 0. The average molecular weight is 319 g/mol. The summed E-state index contributed by atoms with van der Waals surface area (Å²) in [4.78, 5) is 33.4. The molecular formula is C17H21NO5. The predicted octanol–water partition coefficient (Wildman–Crippen LogP) is 2.98. The van der Waals surface area contributed by atoms with Gasteiger partial charge >= 0.3 is 0 Å². The summed E-state index contributed by atoms with van der Waals surface area (Å²) in [5.74, 6) is -0.0826. The Bertz CT molecular complexity index is 596. The maximum atomic E-state index is 12.1. The fourth-order valence-corrected chi connectivity index (χ4v) is 3.14. The quantitative estimate of drug-likeness (QED) is 0.642. The van der Waals surface area contributed by atoms with Crippen molar-refractivity contribution in [1.82, 2.24) is 0 Å². The molecule has 0 bridgehead atoms. The molecule has 1 aromatic rings. The van der Waals surface area contributed by atoms with Crippen molar-refractivity contribution >= 4 is 17.3 Å². The topological polar surface area (TPSA) is 97.5 Å². The molecule has 0 aromatic heterocycles. The molecule has 1 saturated carbocycles. The molecule has 3 atom stereocenters. The van der Waals surface area contributed by atoms with Crippen LogP contribution in [0.25, 0.3) is 0 Å². The summed E-state index contributed by atoms with van der Waals surface area (Å²) in [5, 5.41) is 21.1. The van der Waals surface area contributed by atoms with Crippen LogP contribution in [0.4, 0.5) is 5.69 Å². The Hall–Kier alpha value is -2.08. The summed E-state index contributed by atoms with van der Waals surface area (Å²) in [7, 11) is 0. The summed E-state index contributed by atoms with van der Waals surface area (Å²) >= 11 is 0. The zero-order valence-corrected chi connectivity index (χ0v) is 13.1. The summed E-state index contributed by atoms with van der Waals surface area (Å²) in [5.41, 5.74) is 0.469. The molecule has 0 aliphatic heterocycles. The van der Waals surface area contributed by atoms with E-state index in [4.69, 9.17) is 0 Å². The Labute approximate surface area is 134 Å². The largest absolute Gasteiger partial charge is 0.388 e. The van der Waals surface area contributed by atoms with E-state index >= 15 is 0 Å². The number of hydrogen-bond acceptors (Lipinski definition) is 5. The monoisotopic (exact) mass is 319 g/mol. The van der Waals surface area contributed by atoms with Gasteiger partial charge in [-0.15, -0.1) is 0 Å². The summed E-state index contributed by atoms with van der Waals surface area (Å²) in [6, 6.07) is 5.66. The predicted molar refractivity (Wildman–Crippen MR) is 83.8 cm³/mol. The maximum Gasteiger partial charge on any atom is 0.269 e. The van der Waals surface area contributed by atoms with Crippen molar-refractivity contribution < 1.29 is 19.6 Å². The van der Waals surface area contributed by atoms with Crippen molar-refractivity contribution in [2.24, 2.45) is 11.8 Å². The van der Waals surface area contributed by atoms with Crippen molar-refractivity contribution in [1.29, 1.82) is 0 Å². The van der Waals surface area contributed by atoms with E-state index < -0.39 is 16.9 Å². The lowest BCUT2D eigenvalue weighted by Gasteiger charge is -2.31. The van der Waals surface area contributed by atoms with E-state index in [1.807, 2.05) is 0 Å². The van der Waals surface area contributed by atoms with Gasteiger partial charge < -0.3 is 9.90 Å². The van der Waals surface area contributed by atoms with E-state index in [0.717, 1.165) is 12.8 Å². The van der Waals surface area contributed by atoms with Gasteiger partial charge in [-0.05, 0) is 49.8 Å². The number of carbonyl (C=O) groups excluding carboxylic acids is 2. The van der Waals surface area contributed by atoms with Crippen molar-refractivity contribution in [2.45, 2.75) is 45.1 Å². The molecule has 23 heavy (non-hydrogen) atoms. The molecule has 1 aliphatic carbocycles. The third-order valence-electron chi connectivity index (χ3n) is 4.53. The van der Waals surface area contributed by atoms with Gasteiger partial charge in [0.1, 0.15) is 11.6 Å². The molecule has 1 fully saturated rings. The number of rotatable bonds is 6. The van der Waals surface area contributed by atoms with Crippen LogP contribution in [-0.4, -0.2) is 21.6 Å². The summed E-state index contributed by atoms with van der Waals surface area (Å²) in [6.07, 6.45) is 2.02. The molecule has 0 spiro atoms. The van der Waals surface area contributed by atoms with Crippen molar-refractivity contribution in [3.8, 4) is 0 Å². The van der Waals surface area contributed by atoms with Crippen LogP contribution in [0.15, 0.2) is 24.3 Å². The van der Waals surface area contributed by atoms with E-state index in [1.165, 1.54) is 24.3 Å². The van der Waals surface area contributed by atoms with Crippen LogP contribution in [-0.2, 0) is 9.59 Å². The minimum atomic E-state index is -0.955. The Morgan fingerprint density at radius 3 is 2.61 bits per heavy atom. The lowest BCUT2D eigenvalue weighted by Crippen LogP contribution is -2.30. The van der Waals surface area contributed by atoms with Crippen LogP contribution >= 0.6 is 0 Å². The average Bonchev–Trinajstić information content (AvgIpc) is 2.53. The lowest BCUT2D eigenvalue weighted by molar-refractivity contribution is -0.384. The van der Waals surface area contributed by atoms with Gasteiger partial charge in [0.2, 0.25) is 0 Å². The van der Waals surface area contributed by atoms with Gasteiger partial charge in [0.05, 0.1) is 11.0 Å². The molecule has 0 radical (unpaired) electrons. The highest BCUT2D eigenvalue weighted by Crippen LogP contribution is 2.37. The number of nitrogens with zero attached hydrogens (tertiary/aromatic N) is 1. The number of benzene rings is 1. The first-order chi connectivity index (χ1) is 10.9. The van der Waals surface area contributed by atoms with Crippen LogP contribution in [0.2, 0.25) is 0 Å². The molecule has 0 heterocycles. The highest BCUT2D eigenvalue weighted by atomic mass is 16.6. The number of Topliss-reactive ketones (excluding diaryl/α,β-unsaturated/α-hetero) is 2. The molecule has 0 amide bonds. The highest BCUT2D eigenvalue weighted by molar-refractivity contribution is 5.82. The van der Waals surface area contributed by atoms with Gasteiger partial charge in [-0.2, -0.15) is 0 Å². The number of nitro benzene ring substituents is 1. The van der Waals surface area contributed by atoms with Crippen LogP contribution in [0.3, 0.4) is 0 Å². The van der Waals surface area contributed by atoms with Gasteiger partial charge in [0.25, 0.3) is 5.69 Å². The molecule has 2 rings (SSSR count). The minimum absolute atomic E-state index is 0.0231. The van der Waals surface area contributed by atoms with Crippen LogP contribution < -0.4 is 0 Å². The van der Waals surface area contributed by atoms with Crippen LogP contribution in [0, 0.1) is 22.0 Å². The maximum absolute atomic E-state index is 12.1. The number of aliphatic hydroxyl groups excluding tert-OH is 1. The second-order valence-corrected chi connectivity index (χ2v) is 6.25. The lowest BCUT2D eigenvalue weighted by atomic mass is 9.74. The molecule has 6 nitrogen and oxygen atoms in total. The Morgan fingerprint density at radius 2 is 2.04 bits per heavy atom. The van der Waals surface area contributed by atoms with Crippen LogP contribution in [0.5, 0.6) is 0 Å². The second kappa shape index (κ2) is 7.46. The number of carbonyl (C=O) groups is 2. The molecule has 0 unspecified atom stereocenters. The number of hydrogen-bond donors (Lipinski definition) is 1. The van der Waals surface area contributed by atoms with E-state index in [1.54, 1.807) is 6.92 Å². The third kappa shape index (κ3) is 4.45. The first-order valence-corrected chi connectivity index (χ1v) is 7.83. The zero-order chi connectivity index (χ0) is 17.0. The molecule has 1 N–H and O–H groups in total. The number of nitro groups is 1. The third-order valence-corrected chi connectivity index (χ3v) is 4.53. The van der Waals surface area contributed by atoms with Crippen molar-refractivity contribution in [3.63, 3.8) is 0 Å². The SMILES string of the molecule is CC(=O)CC[C@@H]1CCC(=O)[C@H]([C@@H](O)c2ccc([N+](=O)[O-])cc2)C1. The fourth-order valence-electron chi connectivity index (χ4n) is 3.14. The van der Waals surface area contributed by atoms with E-state index in [9.17, 15) is 24.8 Å². The standard InChI is InChI=1S/C17H21NO5/c1-11(19)2-3-12-4-9-16(20)15(10-12)17(21)13-5-7-14(8-6-13)18(22)23/h5-8,12,15,17,21H,2-4,9-10H2,1H3/t12-,15-,17+/m1/s1. The Morgan fingerprint density at radius 1 is 1.39 bits per heavy atom. The van der Waals surface area contributed by atoms with Gasteiger partial charge in [-0.1, -0.05) is 0 Å². The first kappa shape index (κ1) is 17.3. The van der Waals surface area contributed by atoms with E-state index in [-0.39, 0.29) is 23.2 Å². The highest BCUT2D eigenvalue weighted by Gasteiger charge is 2.34. The van der Waals surface area contributed by atoms with Crippen molar-refractivity contribution in [2.75, 3.05) is 0 Å². The number of ketones is 2. The van der Waals surface area contributed by atoms with Gasteiger partial charge in [-0.3, -0.25) is 14.9 Å². The van der Waals surface area contributed by atoms with Gasteiger partial charge in [-0.25, -0.2) is 0 Å². The Balaban J connectivity index is 2.06. The molecule has 0 saturated heterocycles. The van der Waals surface area contributed by atoms with Gasteiger partial charge in [0, 0.05) is 30.9 Å². The van der Waals surface area contributed by atoms with Crippen LogP contribution in [0.1, 0.15) is 50.7 Å². The number of aliphatic hydroxyl groups is 1. The second-order valence-electron chi connectivity index (χ2n) is 6.25. The Kier molecular flexibility index (Phi) is 5.60. The number of non-ortho nitro benzene ring substituents is 1. The van der Waals surface area contributed by atoms with Crippen molar-refractivity contribution in [3.05, 3.63) is 39.9 Å². The van der Waals surface area contributed by atoms with E-state index in [2.05, 4.69) is 0 Å². The zero-order valence-electron chi connectivity index (χ0n) is 13.1. The molecule has 124 valence electrons. The van der Waals surface area contributed by atoms with Gasteiger partial charge in [0.15, 0.2) is 0 Å². The smallest absolute Gasteiger partial charge is 0.269 e.